The number of fused-ring (bicyclic) bond motifs is 2. The van der Waals surface area contributed by atoms with Gasteiger partial charge in [0.2, 0.25) is 5.75 Å². The van der Waals surface area contributed by atoms with Crippen molar-refractivity contribution in [1.82, 2.24) is 5.43 Å². The first-order valence-corrected chi connectivity index (χ1v) is 8.71. The van der Waals surface area contributed by atoms with Crippen LogP contribution >= 0.6 is 0 Å². The first-order valence-electron chi connectivity index (χ1n) is 8.71. The van der Waals surface area contributed by atoms with Crippen molar-refractivity contribution >= 4 is 11.6 Å². The van der Waals surface area contributed by atoms with Gasteiger partial charge in [-0.05, 0) is 50.2 Å². The van der Waals surface area contributed by atoms with E-state index in [1.54, 1.807) is 12.1 Å². The molecule has 0 aromatic heterocycles. The van der Waals surface area contributed by atoms with Gasteiger partial charge in [-0.15, -0.1) is 0 Å². The maximum absolute atomic E-state index is 12.5. The Labute approximate surface area is 148 Å². The zero-order valence-electron chi connectivity index (χ0n) is 15.3. The number of carbonyl (C=O) groups excluding carboxylic acids is 1. The summed E-state index contributed by atoms with van der Waals surface area (Å²) in [5.41, 5.74) is 4.11. The van der Waals surface area contributed by atoms with E-state index < -0.39 is 0 Å². The molecular weight excluding hydrogens is 320 g/mol. The van der Waals surface area contributed by atoms with Crippen molar-refractivity contribution in [3.63, 3.8) is 0 Å². The molecule has 25 heavy (non-hydrogen) atoms. The van der Waals surface area contributed by atoms with E-state index in [1.807, 2.05) is 6.92 Å². The average Bonchev–Trinajstić information content (AvgIpc) is 3.27. The summed E-state index contributed by atoms with van der Waals surface area (Å²) in [7, 11) is 4.58. The molecule has 1 aromatic rings. The number of amides is 1. The summed E-state index contributed by atoms with van der Waals surface area (Å²) >= 11 is 0. The van der Waals surface area contributed by atoms with E-state index in [4.69, 9.17) is 14.2 Å². The van der Waals surface area contributed by atoms with Gasteiger partial charge >= 0.3 is 0 Å². The van der Waals surface area contributed by atoms with Gasteiger partial charge in [0.1, 0.15) is 0 Å². The molecule has 1 aromatic carbocycles. The molecule has 2 aliphatic carbocycles. The number of hydrazone groups is 1. The number of methoxy groups -OCH3 is 3. The van der Waals surface area contributed by atoms with E-state index in [-0.39, 0.29) is 5.91 Å². The number of carbonyl (C=O) groups is 1. The zero-order valence-corrected chi connectivity index (χ0v) is 15.3. The molecule has 2 fully saturated rings. The van der Waals surface area contributed by atoms with Crippen LogP contribution in [0.25, 0.3) is 0 Å². The highest BCUT2D eigenvalue weighted by atomic mass is 16.5. The molecule has 136 valence electrons. The topological polar surface area (TPSA) is 69.2 Å². The van der Waals surface area contributed by atoms with Crippen LogP contribution in [0.2, 0.25) is 0 Å². The van der Waals surface area contributed by atoms with Crippen LogP contribution in [0.4, 0.5) is 0 Å². The molecule has 6 heteroatoms. The van der Waals surface area contributed by atoms with Crippen molar-refractivity contribution in [2.75, 3.05) is 21.3 Å². The minimum Gasteiger partial charge on any atom is -0.493 e. The fourth-order valence-corrected chi connectivity index (χ4v) is 4.25. The molecule has 3 rings (SSSR count). The number of rotatable bonds is 6. The van der Waals surface area contributed by atoms with E-state index in [1.165, 1.54) is 47.0 Å². The summed E-state index contributed by atoms with van der Waals surface area (Å²) in [5.74, 6) is 3.17. The van der Waals surface area contributed by atoms with Gasteiger partial charge in [-0.2, -0.15) is 5.10 Å². The van der Waals surface area contributed by atoms with Gasteiger partial charge in [-0.1, -0.05) is 6.42 Å². The SMILES string of the molecule is COc1cc(C(=O)N/N=C(/C)[C@H]2C[C@H]3CC[C@H]2C3)cc(OC)c1OC. The Hall–Kier alpha value is -2.24. The third-order valence-corrected chi connectivity index (χ3v) is 5.54. The van der Waals surface area contributed by atoms with Gasteiger partial charge in [0.15, 0.2) is 11.5 Å². The molecule has 1 amide bonds. The minimum absolute atomic E-state index is 0.290. The molecule has 6 nitrogen and oxygen atoms in total. The summed E-state index contributed by atoms with van der Waals surface area (Å²) in [6, 6.07) is 3.25. The largest absolute Gasteiger partial charge is 0.493 e. The zero-order chi connectivity index (χ0) is 18.0. The second-order valence-corrected chi connectivity index (χ2v) is 6.89. The fourth-order valence-electron chi connectivity index (χ4n) is 4.25. The van der Waals surface area contributed by atoms with E-state index in [0.717, 1.165) is 17.5 Å². The number of ether oxygens (including phenoxy) is 3. The Bertz CT molecular complexity index is 661. The molecule has 0 heterocycles. The van der Waals surface area contributed by atoms with Crippen molar-refractivity contribution in [3.8, 4) is 17.2 Å². The van der Waals surface area contributed by atoms with Crippen LogP contribution in [0.15, 0.2) is 17.2 Å². The van der Waals surface area contributed by atoms with Crippen molar-refractivity contribution in [2.24, 2.45) is 22.9 Å². The average molecular weight is 346 g/mol. The highest BCUT2D eigenvalue weighted by Gasteiger charge is 2.40. The molecule has 3 atom stereocenters. The van der Waals surface area contributed by atoms with Crippen molar-refractivity contribution in [2.45, 2.75) is 32.6 Å². The van der Waals surface area contributed by atoms with Crippen LogP contribution in [0, 0.1) is 17.8 Å². The Morgan fingerprint density at radius 1 is 1.08 bits per heavy atom. The highest BCUT2D eigenvalue weighted by molar-refractivity contribution is 5.96. The van der Waals surface area contributed by atoms with Gasteiger partial charge in [-0.3, -0.25) is 4.79 Å². The molecule has 0 aliphatic heterocycles. The molecule has 0 radical (unpaired) electrons. The smallest absolute Gasteiger partial charge is 0.271 e. The Kier molecular flexibility index (Phi) is 5.16. The first kappa shape index (κ1) is 17.6. The Morgan fingerprint density at radius 3 is 2.24 bits per heavy atom. The molecule has 0 unspecified atom stereocenters. The predicted octanol–water partition coefficient (Wildman–Crippen LogP) is 3.25. The monoisotopic (exact) mass is 346 g/mol. The van der Waals surface area contributed by atoms with Crippen LogP contribution in [0.1, 0.15) is 43.0 Å². The summed E-state index contributed by atoms with van der Waals surface area (Å²) in [5, 5.41) is 4.36. The van der Waals surface area contributed by atoms with Crippen molar-refractivity contribution in [1.29, 1.82) is 0 Å². The molecule has 0 spiro atoms. The summed E-state index contributed by atoms with van der Waals surface area (Å²) < 4.78 is 15.9. The number of nitrogens with zero attached hydrogens (tertiary/aromatic N) is 1. The maximum atomic E-state index is 12.5. The maximum Gasteiger partial charge on any atom is 0.271 e. The van der Waals surface area contributed by atoms with E-state index in [2.05, 4.69) is 10.5 Å². The van der Waals surface area contributed by atoms with Crippen LogP contribution < -0.4 is 19.6 Å². The molecule has 1 N–H and O–H groups in total. The molecule has 2 saturated carbocycles. The molecular formula is C19H26N2O4. The highest BCUT2D eigenvalue weighted by Crippen LogP contribution is 2.48. The Balaban J connectivity index is 1.73. The van der Waals surface area contributed by atoms with Gasteiger partial charge in [0, 0.05) is 17.2 Å². The standard InChI is InChI=1S/C19H26N2O4/c1-11(15-8-12-5-6-13(15)7-12)20-21-19(22)14-9-16(23-2)18(25-4)17(10-14)24-3/h9-10,12-13,15H,5-8H2,1-4H3,(H,21,22)/b20-11-/t12-,13-,15+/m0/s1. The van der Waals surface area contributed by atoms with Crippen molar-refractivity contribution < 1.29 is 19.0 Å². The van der Waals surface area contributed by atoms with Crippen LogP contribution in [0.3, 0.4) is 0 Å². The number of nitrogens with one attached hydrogen (secondary N) is 1. The van der Waals surface area contributed by atoms with E-state index in [9.17, 15) is 4.79 Å². The van der Waals surface area contributed by atoms with Crippen LogP contribution in [-0.4, -0.2) is 32.9 Å². The molecule has 0 saturated heterocycles. The van der Waals surface area contributed by atoms with Crippen molar-refractivity contribution in [3.05, 3.63) is 17.7 Å². The minimum atomic E-state index is -0.290. The van der Waals surface area contributed by atoms with E-state index in [0.29, 0.717) is 28.7 Å². The lowest BCUT2D eigenvalue weighted by Gasteiger charge is -2.21. The van der Waals surface area contributed by atoms with Gasteiger partial charge in [0.05, 0.1) is 21.3 Å². The van der Waals surface area contributed by atoms with Crippen LogP contribution in [0.5, 0.6) is 17.2 Å². The second-order valence-electron chi connectivity index (χ2n) is 6.89. The van der Waals surface area contributed by atoms with E-state index >= 15 is 0 Å². The van der Waals surface area contributed by atoms with Gasteiger partial charge < -0.3 is 14.2 Å². The van der Waals surface area contributed by atoms with Gasteiger partial charge in [-0.25, -0.2) is 5.43 Å². The predicted molar refractivity (Wildman–Crippen MR) is 95.6 cm³/mol. The first-order chi connectivity index (χ1) is 12.1. The third-order valence-electron chi connectivity index (χ3n) is 5.54. The summed E-state index contributed by atoms with van der Waals surface area (Å²) in [6.07, 6.45) is 5.17. The number of hydrogen-bond donors (Lipinski definition) is 1. The number of hydrogen-bond acceptors (Lipinski definition) is 5. The summed E-state index contributed by atoms with van der Waals surface area (Å²) in [4.78, 5) is 12.5. The molecule has 2 aliphatic rings. The van der Waals surface area contributed by atoms with Gasteiger partial charge in [0.25, 0.3) is 5.91 Å². The quantitative estimate of drug-likeness (QED) is 0.634. The summed E-state index contributed by atoms with van der Waals surface area (Å²) in [6.45, 7) is 2.01. The lowest BCUT2D eigenvalue weighted by atomic mass is 9.86. The lowest BCUT2D eigenvalue weighted by Crippen LogP contribution is -2.24. The second kappa shape index (κ2) is 7.33. The fraction of sp³-hybridized carbons (Fsp3) is 0.579. The lowest BCUT2D eigenvalue weighted by molar-refractivity contribution is 0.0953. The van der Waals surface area contributed by atoms with Crippen LogP contribution in [-0.2, 0) is 0 Å². The Morgan fingerprint density at radius 2 is 1.76 bits per heavy atom. The molecule has 2 bridgehead atoms. The third kappa shape index (κ3) is 3.43. The normalized spacial score (nSPS) is 25.0. The number of benzene rings is 1.